The van der Waals surface area contributed by atoms with Crippen molar-refractivity contribution in [2.75, 3.05) is 0 Å². The fourth-order valence-corrected chi connectivity index (χ4v) is 5.86. The summed E-state index contributed by atoms with van der Waals surface area (Å²) in [5.74, 6) is 3.58. The minimum Gasteiger partial charge on any atom is -0.348 e. The van der Waals surface area contributed by atoms with Gasteiger partial charge in [0.05, 0.1) is 9.21 Å². The Bertz CT molecular complexity index is 514. The number of carbonyl (C=O) groups is 1. The molecule has 0 saturated heterocycles. The number of thiophene rings is 1. The number of hydrogen-bond donors (Lipinski definition) is 1. The van der Waals surface area contributed by atoms with E-state index in [9.17, 15) is 4.79 Å². The van der Waals surface area contributed by atoms with Crippen LogP contribution in [0.15, 0.2) is 12.1 Å². The zero-order valence-corrected chi connectivity index (χ0v) is 12.3. The highest BCUT2D eigenvalue weighted by atomic mass is 35.5. The van der Waals surface area contributed by atoms with Crippen LogP contribution >= 0.6 is 22.9 Å². The van der Waals surface area contributed by atoms with Gasteiger partial charge < -0.3 is 5.32 Å². The number of fused-ring (bicyclic) bond motifs is 5. The van der Waals surface area contributed by atoms with Crippen LogP contribution in [0.25, 0.3) is 0 Å². The van der Waals surface area contributed by atoms with Crippen molar-refractivity contribution < 1.29 is 4.79 Å². The minimum absolute atomic E-state index is 0.0731. The molecule has 5 unspecified atom stereocenters. The third-order valence-corrected chi connectivity index (χ3v) is 6.77. The normalized spacial score (nSPS) is 39.5. The lowest BCUT2D eigenvalue weighted by atomic mass is 9.79. The molecule has 5 atom stereocenters. The first-order valence-electron chi connectivity index (χ1n) is 7.28. The van der Waals surface area contributed by atoms with Gasteiger partial charge in [-0.1, -0.05) is 18.0 Å². The first-order chi connectivity index (χ1) is 9.22. The van der Waals surface area contributed by atoms with Crippen molar-refractivity contribution in [3.63, 3.8) is 0 Å². The van der Waals surface area contributed by atoms with E-state index >= 15 is 0 Å². The summed E-state index contributed by atoms with van der Waals surface area (Å²) in [4.78, 5) is 13.0. The number of carbonyl (C=O) groups excluding carboxylic acids is 1. The highest BCUT2D eigenvalue weighted by Gasteiger charge is 2.54. The largest absolute Gasteiger partial charge is 0.348 e. The van der Waals surface area contributed by atoms with E-state index in [2.05, 4.69) is 5.32 Å². The van der Waals surface area contributed by atoms with Crippen LogP contribution in [0.3, 0.4) is 0 Å². The molecule has 4 rings (SSSR count). The number of amides is 1. The fourth-order valence-electron chi connectivity index (χ4n) is 4.91. The van der Waals surface area contributed by atoms with Crippen LogP contribution < -0.4 is 5.32 Å². The summed E-state index contributed by atoms with van der Waals surface area (Å²) in [6, 6.07) is 4.04. The number of hydrogen-bond acceptors (Lipinski definition) is 2. The molecule has 3 aliphatic carbocycles. The molecule has 3 saturated carbocycles. The van der Waals surface area contributed by atoms with Crippen LogP contribution in [0.1, 0.15) is 41.8 Å². The highest BCUT2D eigenvalue weighted by Crippen LogP contribution is 2.58. The quantitative estimate of drug-likeness (QED) is 0.879. The Morgan fingerprint density at radius 2 is 2.05 bits per heavy atom. The Hall–Kier alpha value is -0.540. The molecule has 3 aliphatic rings. The minimum atomic E-state index is 0.0731. The molecule has 2 bridgehead atoms. The van der Waals surface area contributed by atoms with Gasteiger partial charge in [-0.05, 0) is 61.5 Å². The summed E-state index contributed by atoms with van der Waals surface area (Å²) >= 11 is 7.27. The van der Waals surface area contributed by atoms with Gasteiger partial charge in [-0.15, -0.1) is 11.3 Å². The molecule has 0 radical (unpaired) electrons. The Morgan fingerprint density at radius 1 is 1.21 bits per heavy atom. The highest BCUT2D eigenvalue weighted by molar-refractivity contribution is 7.17. The average Bonchev–Trinajstić information content (AvgIpc) is 3.08. The lowest BCUT2D eigenvalue weighted by Crippen LogP contribution is -2.42. The van der Waals surface area contributed by atoms with Gasteiger partial charge in [-0.2, -0.15) is 0 Å². The molecule has 4 heteroatoms. The van der Waals surface area contributed by atoms with Crippen molar-refractivity contribution in [1.82, 2.24) is 5.32 Å². The predicted octanol–water partition coefficient (Wildman–Crippen LogP) is 3.96. The molecule has 1 aromatic rings. The molecule has 0 aromatic carbocycles. The summed E-state index contributed by atoms with van der Waals surface area (Å²) < 4.78 is 0.689. The molecule has 0 spiro atoms. The van der Waals surface area contributed by atoms with E-state index in [1.807, 2.05) is 6.07 Å². The molecule has 0 aliphatic heterocycles. The van der Waals surface area contributed by atoms with E-state index < -0.39 is 0 Å². The average molecular weight is 296 g/mol. The first kappa shape index (κ1) is 12.2. The molecule has 2 nitrogen and oxygen atoms in total. The Balaban J connectivity index is 1.46. The van der Waals surface area contributed by atoms with Crippen molar-refractivity contribution in [2.24, 2.45) is 23.7 Å². The van der Waals surface area contributed by atoms with Crippen LogP contribution in [0.4, 0.5) is 0 Å². The maximum atomic E-state index is 12.2. The molecule has 1 N–H and O–H groups in total. The van der Waals surface area contributed by atoms with Crippen molar-refractivity contribution in [3.05, 3.63) is 21.3 Å². The van der Waals surface area contributed by atoms with Gasteiger partial charge in [0, 0.05) is 6.04 Å². The maximum absolute atomic E-state index is 12.2. The SMILES string of the molecule is O=C(NC1CC2CC1C1CCCC21)c1ccc(Cl)s1. The van der Waals surface area contributed by atoms with Gasteiger partial charge in [0.25, 0.3) is 5.91 Å². The summed E-state index contributed by atoms with van der Waals surface area (Å²) in [6.07, 6.45) is 6.79. The van der Waals surface area contributed by atoms with Gasteiger partial charge in [0.1, 0.15) is 0 Å². The maximum Gasteiger partial charge on any atom is 0.261 e. The van der Waals surface area contributed by atoms with Crippen LogP contribution in [0, 0.1) is 23.7 Å². The van der Waals surface area contributed by atoms with E-state index in [1.54, 1.807) is 6.07 Å². The Labute approximate surface area is 122 Å². The number of rotatable bonds is 2. The van der Waals surface area contributed by atoms with Gasteiger partial charge in [-0.3, -0.25) is 4.79 Å². The number of halogens is 1. The summed E-state index contributed by atoms with van der Waals surface area (Å²) in [5, 5.41) is 3.27. The van der Waals surface area contributed by atoms with Crippen LogP contribution in [0.5, 0.6) is 0 Å². The Morgan fingerprint density at radius 3 is 2.84 bits per heavy atom. The standard InChI is InChI=1S/C15H18ClNOS/c16-14-5-4-13(19-14)15(18)17-12-7-8-6-11(12)10-3-1-2-9(8)10/h4-5,8-12H,1-3,6-7H2,(H,17,18). The predicted molar refractivity (Wildman–Crippen MR) is 77.6 cm³/mol. The molecular weight excluding hydrogens is 278 g/mol. The van der Waals surface area contributed by atoms with Gasteiger partial charge in [-0.25, -0.2) is 0 Å². The molecule has 19 heavy (non-hydrogen) atoms. The van der Waals surface area contributed by atoms with Crippen molar-refractivity contribution in [3.8, 4) is 0 Å². The lowest BCUT2D eigenvalue weighted by molar-refractivity contribution is 0.0905. The molecule has 1 aromatic heterocycles. The zero-order chi connectivity index (χ0) is 13.0. The van der Waals surface area contributed by atoms with Crippen LogP contribution in [-0.2, 0) is 0 Å². The third-order valence-electron chi connectivity index (χ3n) is 5.54. The fraction of sp³-hybridized carbons (Fsp3) is 0.667. The second-order valence-corrected chi connectivity index (χ2v) is 8.05. The van der Waals surface area contributed by atoms with E-state index in [0.29, 0.717) is 10.4 Å². The first-order valence-corrected chi connectivity index (χ1v) is 8.48. The zero-order valence-electron chi connectivity index (χ0n) is 10.8. The van der Waals surface area contributed by atoms with Crippen molar-refractivity contribution >= 4 is 28.8 Å². The molecule has 102 valence electrons. The van der Waals surface area contributed by atoms with Gasteiger partial charge in [0.2, 0.25) is 0 Å². The Kier molecular flexibility index (Phi) is 2.89. The van der Waals surface area contributed by atoms with E-state index in [0.717, 1.165) is 28.5 Å². The van der Waals surface area contributed by atoms with E-state index in [1.165, 1.54) is 43.4 Å². The van der Waals surface area contributed by atoms with E-state index in [-0.39, 0.29) is 5.91 Å². The van der Waals surface area contributed by atoms with Crippen molar-refractivity contribution in [2.45, 2.75) is 38.1 Å². The lowest BCUT2D eigenvalue weighted by Gasteiger charge is -2.31. The smallest absolute Gasteiger partial charge is 0.261 e. The van der Waals surface area contributed by atoms with Crippen LogP contribution in [-0.4, -0.2) is 11.9 Å². The second-order valence-electron chi connectivity index (χ2n) is 6.34. The summed E-state index contributed by atoms with van der Waals surface area (Å²) in [6.45, 7) is 0. The van der Waals surface area contributed by atoms with Gasteiger partial charge in [0.15, 0.2) is 0 Å². The molecule has 3 fully saturated rings. The topological polar surface area (TPSA) is 29.1 Å². The monoisotopic (exact) mass is 295 g/mol. The molecule has 1 amide bonds. The van der Waals surface area contributed by atoms with Gasteiger partial charge >= 0.3 is 0 Å². The number of nitrogens with one attached hydrogen (secondary N) is 1. The van der Waals surface area contributed by atoms with Crippen molar-refractivity contribution in [1.29, 1.82) is 0 Å². The summed E-state index contributed by atoms with van der Waals surface area (Å²) in [7, 11) is 0. The molecular formula is C15H18ClNOS. The van der Waals surface area contributed by atoms with Crippen LogP contribution in [0.2, 0.25) is 4.34 Å². The summed E-state index contributed by atoms with van der Waals surface area (Å²) in [5.41, 5.74) is 0. The molecule has 1 heterocycles. The third kappa shape index (κ3) is 1.93. The van der Waals surface area contributed by atoms with E-state index in [4.69, 9.17) is 11.6 Å². The second kappa shape index (κ2) is 4.49.